The van der Waals surface area contributed by atoms with E-state index in [2.05, 4.69) is 6.92 Å². The zero-order valence-electron chi connectivity index (χ0n) is 93.8. The topological polar surface area (TPSA) is 322 Å². The third kappa shape index (κ3) is 133. The molecule has 0 aromatic rings. The van der Waals surface area contributed by atoms with Crippen molar-refractivity contribution in [3.63, 3.8) is 0 Å². The van der Waals surface area contributed by atoms with Crippen LogP contribution >= 0.6 is 0 Å². The van der Waals surface area contributed by atoms with Gasteiger partial charge in [-0.1, -0.05) is 110 Å². The molecule has 0 aliphatic rings. The molecule has 876 valence electrons. The van der Waals surface area contributed by atoms with Crippen LogP contribution in [0.3, 0.4) is 0 Å². The smallest absolute Gasteiger partial charge is 0.311 e. The Balaban J connectivity index is 3.11. The Kier molecular flexibility index (Phi) is 134. The predicted molar refractivity (Wildman–Crippen MR) is 572 cm³/mol. The average Bonchev–Trinajstić information content (AvgIpc) is 0.896. The molecule has 0 radical (unpaired) electrons. The van der Waals surface area contributed by atoms with Crippen LogP contribution in [0.2, 0.25) is 0 Å². The van der Waals surface area contributed by atoms with Crippen molar-refractivity contribution in [1.29, 1.82) is 0 Å². The lowest BCUT2D eigenvalue weighted by atomic mass is 9.91. The molecule has 0 saturated carbocycles. The molecule has 34 nitrogen and oxygen atoms in total. The van der Waals surface area contributed by atoms with Crippen LogP contribution in [0, 0.1) is 5.41 Å². The summed E-state index contributed by atoms with van der Waals surface area (Å²) in [5.74, 6) is -0.114. The fourth-order valence-corrected chi connectivity index (χ4v) is 13.7. The standard InChI is InChI=1S/C112H224O34/c1-5-7-8-9-10-11-12-13-14-15-16-17-18-19-20-21-46-125-71-73-127-75-77-129-79-81-131-83-85-133-87-89-135-91-93-137-95-97-139-99-101-141-103-105-143-107-109-145-110-108-144-106-104-142-102-100-140-98-96-138-94-92-136-90-88-134-86-84-132-82-80-130-78-76-128-74-72-126-69-43-42-67-123-65-39-38-63-121-61-35-34-59-119-57-31-30-55-117-53-27-26-51-115-49-23-22-47-114-48-24-25-50-116-52-28-29-54-118-56-32-33-58-120-60-36-37-62-122-64-40-41-66-124-68-44-45-70-146-111(113)112(3,4)6-2/h5-110H2,1-4H3. The zero-order chi connectivity index (χ0) is 104. The quantitative estimate of drug-likeness (QED) is 0.0403. The van der Waals surface area contributed by atoms with E-state index in [0.29, 0.717) is 284 Å². The Labute approximate surface area is 888 Å². The maximum Gasteiger partial charge on any atom is 0.311 e. The molecule has 0 aliphatic carbocycles. The van der Waals surface area contributed by atoms with E-state index in [1.54, 1.807) is 0 Å². The molecule has 0 rings (SSSR count). The molecule has 0 heterocycles. The van der Waals surface area contributed by atoms with E-state index < -0.39 is 5.41 Å². The molecule has 0 bridgehead atoms. The van der Waals surface area contributed by atoms with Gasteiger partial charge in [0.25, 0.3) is 0 Å². The van der Waals surface area contributed by atoms with Crippen LogP contribution in [-0.4, -0.2) is 435 Å². The minimum absolute atomic E-state index is 0.114. The highest BCUT2D eigenvalue weighted by Crippen LogP contribution is 2.22. The van der Waals surface area contributed by atoms with E-state index in [0.717, 1.165) is 312 Å². The predicted octanol–water partition coefficient (Wildman–Crippen LogP) is 18.1. The van der Waals surface area contributed by atoms with Gasteiger partial charge >= 0.3 is 5.97 Å². The average molecular weight is 2110 g/mol. The highest BCUT2D eigenvalue weighted by Gasteiger charge is 2.27. The van der Waals surface area contributed by atoms with E-state index in [1.807, 2.05) is 20.8 Å². The summed E-state index contributed by atoms with van der Waals surface area (Å²) in [7, 11) is 0. The third-order valence-electron chi connectivity index (χ3n) is 23.0. The van der Waals surface area contributed by atoms with Crippen molar-refractivity contribution >= 4 is 5.97 Å². The van der Waals surface area contributed by atoms with E-state index in [-0.39, 0.29) is 5.97 Å². The normalized spacial score (nSPS) is 11.9. The summed E-state index contributed by atoms with van der Waals surface area (Å²) in [6.07, 6.45) is 47.0. The zero-order valence-corrected chi connectivity index (χ0v) is 93.8. The van der Waals surface area contributed by atoms with Gasteiger partial charge in [0.05, 0.1) is 276 Å². The molecule has 0 unspecified atom stereocenters. The van der Waals surface area contributed by atoms with Gasteiger partial charge < -0.3 is 156 Å². The Morgan fingerprint density at radius 2 is 0.199 bits per heavy atom. The van der Waals surface area contributed by atoms with Crippen LogP contribution in [0.1, 0.15) is 291 Å². The largest absolute Gasteiger partial charge is 0.465 e. The van der Waals surface area contributed by atoms with Gasteiger partial charge in [0.2, 0.25) is 0 Å². The molecule has 0 fully saturated rings. The first kappa shape index (κ1) is 144. The van der Waals surface area contributed by atoms with Gasteiger partial charge in [0.15, 0.2) is 0 Å². The second kappa shape index (κ2) is 135. The highest BCUT2D eigenvalue weighted by molar-refractivity contribution is 5.75. The molecular weight excluding hydrogens is 1890 g/mol. The van der Waals surface area contributed by atoms with E-state index >= 15 is 0 Å². The molecule has 0 aromatic heterocycles. The lowest BCUT2D eigenvalue weighted by Gasteiger charge is -2.20. The third-order valence-corrected chi connectivity index (χ3v) is 23.0. The monoisotopic (exact) mass is 2110 g/mol. The van der Waals surface area contributed by atoms with Crippen LogP contribution in [0.25, 0.3) is 0 Å². The number of hydrogen-bond acceptors (Lipinski definition) is 34. The van der Waals surface area contributed by atoms with Gasteiger partial charge in [-0.25, -0.2) is 0 Å². The van der Waals surface area contributed by atoms with Crippen LogP contribution in [0.4, 0.5) is 0 Å². The number of carbonyl (C=O) groups excluding carboxylic acids is 1. The summed E-state index contributed by atoms with van der Waals surface area (Å²) < 4.78 is 186. The number of carbonyl (C=O) groups is 1. The highest BCUT2D eigenvalue weighted by atomic mass is 16.6. The number of ether oxygens (including phenoxy) is 33. The molecule has 0 saturated heterocycles. The van der Waals surface area contributed by atoms with E-state index in [4.69, 9.17) is 156 Å². The maximum absolute atomic E-state index is 12.0. The molecule has 0 spiro atoms. The van der Waals surface area contributed by atoms with Crippen LogP contribution < -0.4 is 0 Å². The van der Waals surface area contributed by atoms with E-state index in [9.17, 15) is 4.79 Å². The summed E-state index contributed by atoms with van der Waals surface area (Å²) in [5.41, 5.74) is -0.401. The summed E-state index contributed by atoms with van der Waals surface area (Å²) >= 11 is 0. The number of hydrogen-bond donors (Lipinski definition) is 0. The fourth-order valence-electron chi connectivity index (χ4n) is 13.7. The molecule has 0 N–H and O–H groups in total. The summed E-state index contributed by atoms with van der Waals surface area (Å²) in [4.78, 5) is 12.0. The molecular formula is C112H224O34. The Morgan fingerprint density at radius 3 is 0.308 bits per heavy atom. The lowest BCUT2D eigenvalue weighted by Crippen LogP contribution is -2.26. The molecule has 0 aromatic carbocycles. The SMILES string of the molecule is CCCCCCCCCCCCCCCCCCOCCOCCOCCOCCOCCOCCOCCOCCOCCOCCOCCOCCOCCOCCOCCOCCOCCOCCOCCOCCOCCCCOCCCCOCCCCOCCCCOCCCCOCCCCOCCCCOCCCCOCCCCOCCCCOCCCCOCCCCOC(=O)C(C)(C)CC. The van der Waals surface area contributed by atoms with Crippen molar-refractivity contribution in [3.05, 3.63) is 0 Å². The first-order valence-electron chi connectivity index (χ1n) is 58.2. The minimum Gasteiger partial charge on any atom is -0.465 e. The first-order chi connectivity index (χ1) is 72.5. The van der Waals surface area contributed by atoms with Gasteiger partial charge in [0, 0.05) is 159 Å². The summed E-state index contributed by atoms with van der Waals surface area (Å²) in [5, 5.41) is 0. The summed E-state index contributed by atoms with van der Waals surface area (Å²) in [6, 6.07) is 0. The van der Waals surface area contributed by atoms with Crippen molar-refractivity contribution in [2.45, 2.75) is 291 Å². The number of rotatable bonds is 139. The van der Waals surface area contributed by atoms with Crippen molar-refractivity contribution in [1.82, 2.24) is 0 Å². The van der Waals surface area contributed by atoms with Crippen LogP contribution in [0.15, 0.2) is 0 Å². The minimum atomic E-state index is -0.401. The van der Waals surface area contributed by atoms with Crippen molar-refractivity contribution in [2.75, 3.05) is 429 Å². The number of unbranched alkanes of at least 4 members (excludes halogenated alkanes) is 27. The Morgan fingerprint density at radius 1 is 0.116 bits per heavy atom. The Bertz CT molecular complexity index is 2090. The number of esters is 1. The van der Waals surface area contributed by atoms with Gasteiger partial charge in [-0.15, -0.1) is 0 Å². The molecule has 0 amide bonds. The van der Waals surface area contributed by atoms with Gasteiger partial charge in [0.1, 0.15) is 0 Å². The molecule has 34 heteroatoms. The van der Waals surface area contributed by atoms with Crippen molar-refractivity contribution in [2.24, 2.45) is 5.41 Å². The fraction of sp³-hybridized carbons (Fsp3) is 0.991. The molecule has 146 heavy (non-hydrogen) atoms. The summed E-state index contributed by atoms with van der Waals surface area (Å²) in [6.45, 7) is 47.6. The maximum atomic E-state index is 12.0. The second-order valence-electron chi connectivity index (χ2n) is 36.8. The van der Waals surface area contributed by atoms with Crippen LogP contribution in [0.5, 0.6) is 0 Å². The van der Waals surface area contributed by atoms with Crippen LogP contribution in [-0.2, 0) is 161 Å². The van der Waals surface area contributed by atoms with Crippen molar-refractivity contribution in [3.8, 4) is 0 Å². The molecule has 0 aliphatic heterocycles. The first-order valence-corrected chi connectivity index (χ1v) is 58.2. The molecule has 0 atom stereocenters. The lowest BCUT2D eigenvalue weighted by molar-refractivity contribution is -0.154. The van der Waals surface area contributed by atoms with Crippen molar-refractivity contribution < 1.29 is 161 Å². The van der Waals surface area contributed by atoms with Gasteiger partial charge in [-0.05, 0) is 181 Å². The van der Waals surface area contributed by atoms with Gasteiger partial charge in [-0.2, -0.15) is 0 Å². The second-order valence-corrected chi connectivity index (χ2v) is 36.8. The Hall–Kier alpha value is -1.81. The van der Waals surface area contributed by atoms with Gasteiger partial charge in [-0.3, -0.25) is 4.79 Å². The van der Waals surface area contributed by atoms with E-state index in [1.165, 1.54) is 96.3 Å².